The third-order valence-electron chi connectivity index (χ3n) is 7.21. The predicted octanol–water partition coefficient (Wildman–Crippen LogP) is 1.64. The Labute approximate surface area is 190 Å². The van der Waals surface area contributed by atoms with Crippen molar-refractivity contribution in [2.24, 2.45) is 28.3 Å². The molecule has 9 nitrogen and oxygen atoms in total. The van der Waals surface area contributed by atoms with Crippen molar-refractivity contribution >= 4 is 23.5 Å². The molecule has 4 N–H and O–H groups in total. The second kappa shape index (κ2) is 7.48. The zero-order valence-corrected chi connectivity index (χ0v) is 18.0. The van der Waals surface area contributed by atoms with Crippen LogP contribution in [0.4, 0.5) is 5.69 Å². The number of benzene rings is 2. The third kappa shape index (κ3) is 3.14. The monoisotopic (exact) mass is 447 g/mol. The Morgan fingerprint density at radius 2 is 1.76 bits per heavy atom. The molecule has 4 heterocycles. The van der Waals surface area contributed by atoms with Crippen LogP contribution in [0.15, 0.2) is 47.5 Å². The van der Waals surface area contributed by atoms with Crippen molar-refractivity contribution in [1.29, 1.82) is 0 Å². The summed E-state index contributed by atoms with van der Waals surface area (Å²) >= 11 is 0. The molecule has 4 unspecified atom stereocenters. The molecule has 0 spiro atoms. The van der Waals surface area contributed by atoms with E-state index in [1.165, 1.54) is 4.90 Å². The van der Waals surface area contributed by atoms with Gasteiger partial charge in [0.25, 0.3) is 0 Å². The minimum atomic E-state index is -0.384. The quantitative estimate of drug-likeness (QED) is 0.415. The first-order chi connectivity index (χ1) is 16.0. The fourth-order valence-corrected chi connectivity index (χ4v) is 5.93. The highest BCUT2D eigenvalue weighted by Crippen LogP contribution is 2.53. The number of ether oxygens (including phenoxy) is 2. The number of nitrogens with zero attached hydrogens (tertiary/aromatic N) is 3. The minimum absolute atomic E-state index is 0.000913. The summed E-state index contributed by atoms with van der Waals surface area (Å²) in [5.41, 5.74) is 13.5. The first-order valence-corrected chi connectivity index (χ1v) is 11.2. The average Bonchev–Trinajstić information content (AvgIpc) is 3.54. The van der Waals surface area contributed by atoms with Crippen LogP contribution in [-0.4, -0.2) is 47.0 Å². The summed E-state index contributed by atoms with van der Waals surface area (Å²) in [7, 11) is 0. The lowest BCUT2D eigenvalue weighted by Crippen LogP contribution is -2.38. The number of nitrogens with two attached hydrogens (primary N) is 2. The Kier molecular flexibility index (Phi) is 4.55. The largest absolute Gasteiger partial charge is 0.454 e. The lowest BCUT2D eigenvalue weighted by Gasteiger charge is -2.29. The topological polar surface area (TPSA) is 123 Å². The summed E-state index contributed by atoms with van der Waals surface area (Å²) in [6, 6.07) is 13.1. The normalized spacial score (nSPS) is 27.7. The van der Waals surface area contributed by atoms with E-state index >= 15 is 0 Å². The first-order valence-electron chi connectivity index (χ1n) is 11.2. The summed E-state index contributed by atoms with van der Waals surface area (Å²) in [4.78, 5) is 35.0. The number of hydrogen-bond donors (Lipinski definition) is 2. The zero-order chi connectivity index (χ0) is 22.7. The number of carbonyl (C=O) groups excluding carboxylic acids is 2. The minimum Gasteiger partial charge on any atom is -0.454 e. The molecule has 33 heavy (non-hydrogen) atoms. The SMILES string of the molecule is NC(N)=Nc1ccc(C2C3C(=O)N(Cc4ccc5c(c4)OCO5)C(=O)C3C3CCCN32)cc1. The number of hydrogen-bond acceptors (Lipinski definition) is 6. The average molecular weight is 447 g/mol. The molecule has 4 atom stereocenters. The fourth-order valence-electron chi connectivity index (χ4n) is 5.93. The summed E-state index contributed by atoms with van der Waals surface area (Å²) < 4.78 is 10.8. The molecule has 0 radical (unpaired) electrons. The second-order valence-corrected chi connectivity index (χ2v) is 9.02. The Morgan fingerprint density at radius 3 is 2.55 bits per heavy atom. The molecule has 2 aromatic rings. The first kappa shape index (κ1) is 20.0. The maximum Gasteiger partial charge on any atom is 0.235 e. The third-order valence-corrected chi connectivity index (χ3v) is 7.21. The Morgan fingerprint density at radius 1 is 1.00 bits per heavy atom. The predicted molar refractivity (Wildman–Crippen MR) is 119 cm³/mol. The molecule has 170 valence electrons. The molecule has 0 saturated carbocycles. The standard InChI is InChI=1S/C24H25N5O4/c25-24(26)27-15-6-4-14(5-7-15)21-20-19(16-2-1-9-28(16)21)22(30)29(23(20)31)11-13-3-8-17-18(10-13)33-12-32-17/h3-8,10,16,19-21H,1-2,9,11-12H2,(H4,25,26,27). The van der Waals surface area contributed by atoms with Crippen LogP contribution in [0.1, 0.15) is 30.0 Å². The molecule has 4 aliphatic heterocycles. The number of carbonyl (C=O) groups is 2. The number of imide groups is 1. The molecule has 9 heteroatoms. The number of rotatable bonds is 4. The van der Waals surface area contributed by atoms with Gasteiger partial charge in [0.15, 0.2) is 17.5 Å². The number of guanidine groups is 1. The van der Waals surface area contributed by atoms with Gasteiger partial charge < -0.3 is 20.9 Å². The van der Waals surface area contributed by atoms with Gasteiger partial charge in [0.1, 0.15) is 0 Å². The van der Waals surface area contributed by atoms with Crippen LogP contribution in [0.3, 0.4) is 0 Å². The van der Waals surface area contributed by atoms with Crippen LogP contribution >= 0.6 is 0 Å². The van der Waals surface area contributed by atoms with Gasteiger partial charge >= 0.3 is 0 Å². The van der Waals surface area contributed by atoms with Crippen molar-refractivity contribution in [3.63, 3.8) is 0 Å². The van der Waals surface area contributed by atoms with Gasteiger partial charge in [-0.05, 0) is 54.8 Å². The highest BCUT2D eigenvalue weighted by molar-refractivity contribution is 6.06. The second-order valence-electron chi connectivity index (χ2n) is 9.02. The summed E-state index contributed by atoms with van der Waals surface area (Å²) in [5, 5.41) is 0. The molecule has 3 fully saturated rings. The van der Waals surface area contributed by atoms with Crippen molar-refractivity contribution < 1.29 is 19.1 Å². The molecule has 6 rings (SSSR count). The molecule has 0 bridgehead atoms. The van der Waals surface area contributed by atoms with E-state index in [1.54, 1.807) is 0 Å². The summed E-state index contributed by atoms with van der Waals surface area (Å²) in [6.07, 6.45) is 1.96. The van der Waals surface area contributed by atoms with Crippen molar-refractivity contribution in [2.75, 3.05) is 13.3 Å². The summed E-state index contributed by atoms with van der Waals surface area (Å²) in [6.45, 7) is 1.32. The van der Waals surface area contributed by atoms with E-state index in [4.69, 9.17) is 20.9 Å². The van der Waals surface area contributed by atoms with E-state index < -0.39 is 0 Å². The van der Waals surface area contributed by atoms with Gasteiger partial charge in [0.2, 0.25) is 18.6 Å². The van der Waals surface area contributed by atoms with Crippen molar-refractivity contribution in [1.82, 2.24) is 9.80 Å². The van der Waals surface area contributed by atoms with Gasteiger partial charge in [0, 0.05) is 12.1 Å². The van der Waals surface area contributed by atoms with Crippen LogP contribution in [0.25, 0.3) is 0 Å². The molecule has 2 aromatic carbocycles. The van der Waals surface area contributed by atoms with E-state index in [-0.39, 0.29) is 55.0 Å². The zero-order valence-electron chi connectivity index (χ0n) is 18.0. The van der Waals surface area contributed by atoms with E-state index in [9.17, 15) is 9.59 Å². The van der Waals surface area contributed by atoms with Gasteiger partial charge in [-0.25, -0.2) is 4.99 Å². The van der Waals surface area contributed by atoms with E-state index in [1.807, 2.05) is 42.5 Å². The lowest BCUT2D eigenvalue weighted by atomic mass is 9.85. The van der Waals surface area contributed by atoms with Gasteiger partial charge in [-0.3, -0.25) is 19.4 Å². The number of likely N-dealkylation sites (tertiary alicyclic amines) is 1. The molecule has 4 aliphatic rings. The maximum atomic E-state index is 13.6. The molecular formula is C24H25N5O4. The lowest BCUT2D eigenvalue weighted by molar-refractivity contribution is -0.142. The molecule has 0 aromatic heterocycles. The van der Waals surface area contributed by atoms with E-state index in [0.717, 1.165) is 30.5 Å². The molecule has 2 amide bonds. The van der Waals surface area contributed by atoms with Gasteiger partial charge in [-0.15, -0.1) is 0 Å². The van der Waals surface area contributed by atoms with Crippen molar-refractivity contribution in [3.05, 3.63) is 53.6 Å². The Balaban J connectivity index is 1.31. The molecular weight excluding hydrogens is 422 g/mol. The van der Waals surface area contributed by atoms with Crippen LogP contribution in [0, 0.1) is 11.8 Å². The smallest absolute Gasteiger partial charge is 0.235 e. The van der Waals surface area contributed by atoms with E-state index in [2.05, 4.69) is 9.89 Å². The van der Waals surface area contributed by atoms with Crippen LogP contribution in [-0.2, 0) is 16.1 Å². The van der Waals surface area contributed by atoms with Crippen LogP contribution in [0.2, 0.25) is 0 Å². The molecule has 3 saturated heterocycles. The summed E-state index contributed by atoms with van der Waals surface area (Å²) in [5.74, 6) is 0.462. The van der Waals surface area contributed by atoms with Gasteiger partial charge in [-0.1, -0.05) is 18.2 Å². The van der Waals surface area contributed by atoms with Crippen LogP contribution < -0.4 is 20.9 Å². The fraction of sp³-hybridized carbons (Fsp3) is 0.375. The van der Waals surface area contributed by atoms with Crippen molar-refractivity contribution in [3.8, 4) is 11.5 Å². The van der Waals surface area contributed by atoms with Crippen molar-refractivity contribution in [2.45, 2.75) is 31.5 Å². The van der Waals surface area contributed by atoms with Gasteiger partial charge in [0.05, 0.1) is 24.1 Å². The number of fused-ring (bicyclic) bond motifs is 4. The Bertz CT molecular complexity index is 1160. The Hall–Kier alpha value is -3.59. The highest BCUT2D eigenvalue weighted by Gasteiger charge is 2.62. The number of amides is 2. The van der Waals surface area contributed by atoms with Crippen LogP contribution in [0.5, 0.6) is 11.5 Å². The van der Waals surface area contributed by atoms with Gasteiger partial charge in [-0.2, -0.15) is 0 Å². The van der Waals surface area contributed by atoms with E-state index in [0.29, 0.717) is 17.2 Å². The number of aliphatic imine (C=N–C) groups is 1. The highest BCUT2D eigenvalue weighted by atomic mass is 16.7. The maximum absolute atomic E-state index is 13.6. The molecule has 0 aliphatic carbocycles.